The van der Waals surface area contributed by atoms with Crippen LogP contribution in [0.4, 0.5) is 0 Å². The molecular formula is C23H27N5O3. The third-order valence-electron chi connectivity index (χ3n) is 5.66. The van der Waals surface area contributed by atoms with E-state index in [1.54, 1.807) is 25.7 Å². The molecule has 1 atom stereocenters. The molecule has 162 valence electrons. The molecule has 0 radical (unpaired) electrons. The van der Waals surface area contributed by atoms with Gasteiger partial charge < -0.3 is 19.5 Å². The summed E-state index contributed by atoms with van der Waals surface area (Å²) < 4.78 is 7.22. The highest BCUT2D eigenvalue weighted by Gasteiger charge is 2.27. The zero-order chi connectivity index (χ0) is 21.6. The van der Waals surface area contributed by atoms with Gasteiger partial charge in [-0.3, -0.25) is 9.59 Å². The van der Waals surface area contributed by atoms with E-state index in [-0.39, 0.29) is 17.7 Å². The van der Waals surface area contributed by atoms with Crippen LogP contribution in [0.5, 0.6) is 5.88 Å². The molecule has 8 heteroatoms. The van der Waals surface area contributed by atoms with E-state index in [1.165, 1.54) is 0 Å². The second-order valence-corrected chi connectivity index (χ2v) is 7.84. The SMILES string of the molecule is COc1cc(C(=O)N2CCCC(CC(=O)NCCn3ccnc3)C2)c2ccccc2n1. The average molecular weight is 422 g/mol. The van der Waals surface area contributed by atoms with Gasteiger partial charge in [-0.2, -0.15) is 0 Å². The number of nitrogens with zero attached hydrogens (tertiary/aromatic N) is 4. The van der Waals surface area contributed by atoms with Gasteiger partial charge in [-0.25, -0.2) is 9.97 Å². The Morgan fingerprint density at radius 1 is 1.29 bits per heavy atom. The van der Waals surface area contributed by atoms with Gasteiger partial charge in [0.25, 0.3) is 5.91 Å². The third-order valence-corrected chi connectivity index (χ3v) is 5.66. The van der Waals surface area contributed by atoms with Crippen LogP contribution in [0.2, 0.25) is 0 Å². The molecule has 31 heavy (non-hydrogen) atoms. The van der Waals surface area contributed by atoms with Crippen LogP contribution in [-0.4, -0.2) is 58.0 Å². The summed E-state index contributed by atoms with van der Waals surface area (Å²) in [6.07, 6.45) is 7.58. The molecule has 2 aromatic heterocycles. The van der Waals surface area contributed by atoms with E-state index in [4.69, 9.17) is 4.74 Å². The van der Waals surface area contributed by atoms with E-state index in [0.717, 1.165) is 23.7 Å². The first kappa shape index (κ1) is 20.8. The van der Waals surface area contributed by atoms with Crippen molar-refractivity contribution in [3.63, 3.8) is 0 Å². The Bertz CT molecular complexity index is 1050. The van der Waals surface area contributed by atoms with Gasteiger partial charge >= 0.3 is 0 Å². The molecule has 1 unspecified atom stereocenters. The van der Waals surface area contributed by atoms with Crippen molar-refractivity contribution in [1.29, 1.82) is 0 Å². The van der Waals surface area contributed by atoms with Gasteiger partial charge in [0.1, 0.15) is 0 Å². The van der Waals surface area contributed by atoms with Crippen LogP contribution in [0.1, 0.15) is 29.6 Å². The number of likely N-dealkylation sites (tertiary alicyclic amines) is 1. The highest BCUT2D eigenvalue weighted by Crippen LogP contribution is 2.26. The lowest BCUT2D eigenvalue weighted by Crippen LogP contribution is -2.41. The molecule has 2 amide bonds. The summed E-state index contributed by atoms with van der Waals surface area (Å²) in [5.41, 5.74) is 1.32. The first-order valence-corrected chi connectivity index (χ1v) is 10.6. The molecule has 8 nitrogen and oxygen atoms in total. The number of hydrogen-bond acceptors (Lipinski definition) is 5. The van der Waals surface area contributed by atoms with Crippen LogP contribution in [0.3, 0.4) is 0 Å². The molecule has 1 aliphatic rings. The number of methoxy groups -OCH3 is 1. The number of amides is 2. The summed E-state index contributed by atoms with van der Waals surface area (Å²) in [5, 5.41) is 3.78. The van der Waals surface area contributed by atoms with Crippen LogP contribution in [0.25, 0.3) is 10.9 Å². The number of rotatable bonds is 7. The molecule has 1 aromatic carbocycles. The normalized spacial score (nSPS) is 16.3. The monoisotopic (exact) mass is 421 g/mol. The van der Waals surface area contributed by atoms with Crippen LogP contribution in [0.15, 0.2) is 49.1 Å². The maximum Gasteiger partial charge on any atom is 0.254 e. The third kappa shape index (κ3) is 5.02. The van der Waals surface area contributed by atoms with Crippen LogP contribution in [-0.2, 0) is 11.3 Å². The molecule has 1 saturated heterocycles. The zero-order valence-corrected chi connectivity index (χ0v) is 17.7. The van der Waals surface area contributed by atoms with Gasteiger partial charge in [0.05, 0.1) is 24.5 Å². The van der Waals surface area contributed by atoms with Crippen molar-refractivity contribution in [3.8, 4) is 5.88 Å². The highest BCUT2D eigenvalue weighted by molar-refractivity contribution is 6.06. The van der Waals surface area contributed by atoms with Crippen molar-refractivity contribution < 1.29 is 14.3 Å². The van der Waals surface area contributed by atoms with E-state index < -0.39 is 0 Å². The number of carbonyl (C=O) groups excluding carboxylic acids is 2. The molecule has 3 heterocycles. The fraction of sp³-hybridized carbons (Fsp3) is 0.391. The Kier molecular flexibility index (Phi) is 6.45. The summed E-state index contributed by atoms with van der Waals surface area (Å²) in [5.74, 6) is 0.561. The predicted octanol–water partition coefficient (Wildman–Crippen LogP) is 2.50. The number of nitrogens with one attached hydrogen (secondary N) is 1. The number of para-hydroxylation sites is 1. The lowest BCUT2D eigenvalue weighted by Gasteiger charge is -2.33. The number of pyridine rings is 1. The van der Waals surface area contributed by atoms with Gasteiger partial charge in [-0.15, -0.1) is 0 Å². The van der Waals surface area contributed by atoms with E-state index in [2.05, 4.69) is 15.3 Å². The van der Waals surface area contributed by atoms with Gasteiger partial charge in [0.15, 0.2) is 0 Å². The molecule has 3 aromatic rings. The number of benzene rings is 1. The van der Waals surface area contributed by atoms with Crippen molar-refractivity contribution >= 4 is 22.7 Å². The van der Waals surface area contributed by atoms with Gasteiger partial charge in [-0.05, 0) is 24.8 Å². The predicted molar refractivity (Wildman–Crippen MR) is 117 cm³/mol. The number of piperidine rings is 1. The topological polar surface area (TPSA) is 89.4 Å². The number of imidazole rings is 1. The van der Waals surface area contributed by atoms with Gasteiger partial charge in [-0.1, -0.05) is 18.2 Å². The Hall–Kier alpha value is -3.42. The Morgan fingerprint density at radius 2 is 2.16 bits per heavy atom. The maximum atomic E-state index is 13.3. The fourth-order valence-corrected chi connectivity index (χ4v) is 4.10. The second-order valence-electron chi connectivity index (χ2n) is 7.84. The summed E-state index contributed by atoms with van der Waals surface area (Å²) in [7, 11) is 1.55. The molecule has 0 saturated carbocycles. The Balaban J connectivity index is 1.38. The minimum atomic E-state index is -0.0397. The van der Waals surface area contributed by atoms with Crippen molar-refractivity contribution in [1.82, 2.24) is 24.8 Å². The molecule has 4 rings (SSSR count). The van der Waals surface area contributed by atoms with Crippen molar-refractivity contribution in [2.45, 2.75) is 25.8 Å². The smallest absolute Gasteiger partial charge is 0.254 e. The van der Waals surface area contributed by atoms with Crippen molar-refractivity contribution in [2.75, 3.05) is 26.7 Å². The van der Waals surface area contributed by atoms with E-state index in [9.17, 15) is 9.59 Å². The van der Waals surface area contributed by atoms with Gasteiger partial charge in [0.2, 0.25) is 11.8 Å². The number of fused-ring (bicyclic) bond motifs is 1. The zero-order valence-electron chi connectivity index (χ0n) is 17.7. The molecule has 0 spiro atoms. The lowest BCUT2D eigenvalue weighted by atomic mass is 9.93. The Morgan fingerprint density at radius 3 is 2.97 bits per heavy atom. The first-order valence-electron chi connectivity index (χ1n) is 10.6. The Labute approximate surface area is 181 Å². The quantitative estimate of drug-likeness (QED) is 0.633. The number of hydrogen-bond donors (Lipinski definition) is 1. The molecule has 1 fully saturated rings. The molecule has 0 aliphatic carbocycles. The first-order chi connectivity index (χ1) is 15.1. The van der Waals surface area contributed by atoms with E-state index >= 15 is 0 Å². The number of carbonyl (C=O) groups is 2. The molecule has 1 N–H and O–H groups in total. The second kappa shape index (κ2) is 9.59. The van der Waals surface area contributed by atoms with E-state index in [0.29, 0.717) is 44.0 Å². The summed E-state index contributed by atoms with van der Waals surface area (Å²) in [6, 6.07) is 9.29. The largest absolute Gasteiger partial charge is 0.481 e. The molecular weight excluding hydrogens is 394 g/mol. The number of aromatic nitrogens is 3. The summed E-state index contributed by atoms with van der Waals surface area (Å²) in [4.78, 5) is 36.0. The fourth-order valence-electron chi connectivity index (χ4n) is 4.10. The lowest BCUT2D eigenvalue weighted by molar-refractivity contribution is -0.122. The van der Waals surface area contributed by atoms with E-state index in [1.807, 2.05) is 39.9 Å². The molecule has 1 aliphatic heterocycles. The summed E-state index contributed by atoms with van der Waals surface area (Å²) >= 11 is 0. The average Bonchev–Trinajstić information content (AvgIpc) is 3.31. The standard InChI is InChI=1S/C23H27N5O3/c1-31-22-14-19(18-6-2-3-7-20(18)26-22)23(30)28-10-4-5-17(15-28)13-21(29)25-9-12-27-11-8-24-16-27/h2-3,6-8,11,14,16-17H,4-5,9-10,12-13,15H2,1H3,(H,25,29). The van der Waals surface area contributed by atoms with Crippen LogP contribution >= 0.6 is 0 Å². The minimum Gasteiger partial charge on any atom is -0.481 e. The van der Waals surface area contributed by atoms with Gasteiger partial charge in [0, 0.05) is 56.4 Å². The minimum absolute atomic E-state index is 0.0236. The highest BCUT2D eigenvalue weighted by atomic mass is 16.5. The maximum absolute atomic E-state index is 13.3. The van der Waals surface area contributed by atoms with Crippen LogP contribution in [0, 0.1) is 5.92 Å². The van der Waals surface area contributed by atoms with Crippen molar-refractivity contribution in [2.24, 2.45) is 5.92 Å². The van der Waals surface area contributed by atoms with Crippen LogP contribution < -0.4 is 10.1 Å². The number of ether oxygens (including phenoxy) is 1. The molecule has 0 bridgehead atoms. The summed E-state index contributed by atoms with van der Waals surface area (Å²) in [6.45, 7) is 2.52. The van der Waals surface area contributed by atoms with Crippen molar-refractivity contribution in [3.05, 3.63) is 54.6 Å².